The molecule has 156 valence electrons. The lowest BCUT2D eigenvalue weighted by Crippen LogP contribution is -2.35. The van der Waals surface area contributed by atoms with E-state index < -0.39 is 23.8 Å². The fourth-order valence-electron chi connectivity index (χ4n) is 2.81. The molecule has 28 heavy (non-hydrogen) atoms. The minimum absolute atomic E-state index is 0. The molecular formula is C23H34O5. The number of hydrogen-bond donors (Lipinski definition) is 0. The Labute approximate surface area is 169 Å². The molecule has 0 heterocycles. The van der Waals surface area contributed by atoms with Crippen molar-refractivity contribution in [3.8, 4) is 0 Å². The second kappa shape index (κ2) is 13.7. The van der Waals surface area contributed by atoms with Crippen LogP contribution in [0.2, 0.25) is 0 Å². The van der Waals surface area contributed by atoms with Crippen molar-refractivity contribution in [3.05, 3.63) is 42.0 Å². The van der Waals surface area contributed by atoms with Gasteiger partial charge in [0.25, 0.3) is 0 Å². The van der Waals surface area contributed by atoms with Crippen molar-refractivity contribution in [1.29, 1.82) is 0 Å². The Morgan fingerprint density at radius 3 is 1.93 bits per heavy atom. The zero-order valence-electron chi connectivity index (χ0n) is 16.6. The van der Waals surface area contributed by atoms with Crippen molar-refractivity contribution in [2.45, 2.75) is 48.0 Å². The van der Waals surface area contributed by atoms with Gasteiger partial charge in [-0.2, -0.15) is 0 Å². The molecule has 0 radical (unpaired) electrons. The Morgan fingerprint density at radius 1 is 0.929 bits per heavy atom. The van der Waals surface area contributed by atoms with Gasteiger partial charge in [0.2, 0.25) is 0 Å². The van der Waals surface area contributed by atoms with Crippen molar-refractivity contribution in [3.63, 3.8) is 0 Å². The summed E-state index contributed by atoms with van der Waals surface area (Å²) in [4.78, 5) is 37.3. The van der Waals surface area contributed by atoms with Gasteiger partial charge in [-0.1, -0.05) is 63.8 Å². The van der Waals surface area contributed by atoms with E-state index >= 15 is 0 Å². The molecule has 0 amide bonds. The summed E-state index contributed by atoms with van der Waals surface area (Å²) < 4.78 is 10.2. The van der Waals surface area contributed by atoms with E-state index in [9.17, 15) is 14.4 Å². The van der Waals surface area contributed by atoms with Crippen LogP contribution in [0.1, 0.15) is 53.5 Å². The van der Waals surface area contributed by atoms with E-state index in [1.807, 2.05) is 50.3 Å². The minimum Gasteiger partial charge on any atom is -0.465 e. The molecule has 0 fully saturated rings. The van der Waals surface area contributed by atoms with E-state index in [0.717, 1.165) is 5.56 Å². The minimum atomic E-state index is -1.15. The Bertz CT molecular complexity index is 616. The molecule has 5 nitrogen and oxygen atoms in total. The molecule has 0 aromatic heterocycles. The quantitative estimate of drug-likeness (QED) is 0.405. The van der Waals surface area contributed by atoms with Crippen molar-refractivity contribution in [1.82, 2.24) is 0 Å². The summed E-state index contributed by atoms with van der Waals surface area (Å²) in [6.07, 6.45) is 4.04. The van der Waals surface area contributed by atoms with E-state index in [-0.39, 0.29) is 38.8 Å². The topological polar surface area (TPSA) is 69.7 Å². The number of hydrogen-bond acceptors (Lipinski definition) is 5. The highest BCUT2D eigenvalue weighted by Gasteiger charge is 2.37. The van der Waals surface area contributed by atoms with Crippen molar-refractivity contribution in [2.75, 3.05) is 13.2 Å². The molecule has 0 N–H and O–H groups in total. The third kappa shape index (κ3) is 8.98. The van der Waals surface area contributed by atoms with Crippen LogP contribution in [0.25, 0.3) is 6.08 Å². The van der Waals surface area contributed by atoms with Gasteiger partial charge in [0, 0.05) is 18.8 Å². The Hall–Kier alpha value is -2.43. The van der Waals surface area contributed by atoms with Gasteiger partial charge in [0.15, 0.2) is 5.92 Å². The third-order valence-corrected chi connectivity index (χ3v) is 3.94. The van der Waals surface area contributed by atoms with Crippen LogP contribution in [0.5, 0.6) is 0 Å². The van der Waals surface area contributed by atoms with Crippen LogP contribution in [0.3, 0.4) is 0 Å². The lowest BCUT2D eigenvalue weighted by atomic mass is 9.85. The van der Waals surface area contributed by atoms with Crippen molar-refractivity contribution < 1.29 is 23.9 Å². The zero-order valence-corrected chi connectivity index (χ0v) is 16.6. The molecule has 1 rings (SSSR count). The predicted octanol–water partition coefficient (Wildman–Crippen LogP) is 4.70. The SMILES string of the molecule is C.CCOC(=O)C(C(=O)OCC)C(/C=C/c1ccccc1)CC(=O)CC(C)C. The lowest BCUT2D eigenvalue weighted by molar-refractivity contribution is -0.163. The molecule has 1 aromatic rings. The molecule has 0 aliphatic heterocycles. The Morgan fingerprint density at radius 2 is 1.46 bits per heavy atom. The maximum Gasteiger partial charge on any atom is 0.320 e. The third-order valence-electron chi connectivity index (χ3n) is 3.94. The van der Waals surface area contributed by atoms with E-state index in [1.54, 1.807) is 19.9 Å². The van der Waals surface area contributed by atoms with Crippen molar-refractivity contribution in [2.24, 2.45) is 17.8 Å². The number of ether oxygens (including phenoxy) is 2. The number of benzene rings is 1. The fraction of sp³-hybridized carbons (Fsp3) is 0.522. The molecule has 0 aliphatic carbocycles. The van der Waals surface area contributed by atoms with E-state index in [0.29, 0.717) is 6.42 Å². The van der Waals surface area contributed by atoms with Gasteiger partial charge in [-0.05, 0) is 25.3 Å². The van der Waals surface area contributed by atoms with Crippen LogP contribution in [0, 0.1) is 17.8 Å². The number of rotatable bonds is 11. The van der Waals surface area contributed by atoms with Gasteiger partial charge in [-0.15, -0.1) is 0 Å². The normalized spacial score (nSPS) is 11.9. The summed E-state index contributed by atoms with van der Waals surface area (Å²) in [6.45, 7) is 7.59. The van der Waals surface area contributed by atoms with Gasteiger partial charge >= 0.3 is 11.9 Å². The summed E-state index contributed by atoms with van der Waals surface area (Å²) in [7, 11) is 0. The largest absolute Gasteiger partial charge is 0.465 e. The van der Waals surface area contributed by atoms with Gasteiger partial charge in [-0.3, -0.25) is 14.4 Å². The van der Waals surface area contributed by atoms with E-state index in [4.69, 9.17) is 9.47 Å². The molecule has 0 aliphatic rings. The highest BCUT2D eigenvalue weighted by atomic mass is 16.6. The highest BCUT2D eigenvalue weighted by molar-refractivity contribution is 5.96. The fourth-order valence-corrected chi connectivity index (χ4v) is 2.81. The summed E-state index contributed by atoms with van der Waals surface area (Å²) in [5.41, 5.74) is 0.922. The van der Waals surface area contributed by atoms with Gasteiger partial charge in [-0.25, -0.2) is 0 Å². The second-order valence-corrected chi connectivity index (χ2v) is 6.76. The number of Topliss-reactive ketones (excluding diaryl/α,β-unsaturated/α-hetero) is 1. The molecule has 0 saturated carbocycles. The molecule has 5 heteroatoms. The van der Waals surface area contributed by atoms with Crippen LogP contribution in [-0.4, -0.2) is 30.9 Å². The average Bonchev–Trinajstić information content (AvgIpc) is 2.60. The van der Waals surface area contributed by atoms with Gasteiger partial charge in [0.05, 0.1) is 13.2 Å². The highest BCUT2D eigenvalue weighted by Crippen LogP contribution is 2.24. The number of ketones is 1. The monoisotopic (exact) mass is 390 g/mol. The number of esters is 2. The van der Waals surface area contributed by atoms with Crippen LogP contribution >= 0.6 is 0 Å². The first-order chi connectivity index (χ1) is 12.9. The van der Waals surface area contributed by atoms with Crippen LogP contribution in [-0.2, 0) is 23.9 Å². The molecular weight excluding hydrogens is 356 g/mol. The first-order valence-electron chi connectivity index (χ1n) is 9.47. The molecule has 0 saturated heterocycles. The van der Waals surface area contributed by atoms with Crippen LogP contribution < -0.4 is 0 Å². The van der Waals surface area contributed by atoms with Crippen LogP contribution in [0.15, 0.2) is 36.4 Å². The lowest BCUT2D eigenvalue weighted by Gasteiger charge is -2.21. The molecule has 1 aromatic carbocycles. The summed E-state index contributed by atoms with van der Waals surface area (Å²) in [5, 5.41) is 0. The first-order valence-corrected chi connectivity index (χ1v) is 9.47. The van der Waals surface area contributed by atoms with E-state index in [1.165, 1.54) is 0 Å². The first kappa shape index (κ1) is 25.6. The smallest absolute Gasteiger partial charge is 0.320 e. The Balaban J connectivity index is 0.00000729. The predicted molar refractivity (Wildman–Crippen MR) is 112 cm³/mol. The van der Waals surface area contributed by atoms with Crippen LogP contribution in [0.4, 0.5) is 0 Å². The Kier molecular flexibility index (Phi) is 12.5. The van der Waals surface area contributed by atoms with E-state index in [2.05, 4.69) is 0 Å². The molecule has 1 atom stereocenters. The zero-order chi connectivity index (χ0) is 20.2. The average molecular weight is 391 g/mol. The number of carbonyl (C=O) groups excluding carboxylic acids is 3. The summed E-state index contributed by atoms with van der Waals surface area (Å²) >= 11 is 0. The molecule has 0 bridgehead atoms. The maximum absolute atomic E-state index is 12.4. The second-order valence-electron chi connectivity index (χ2n) is 6.76. The van der Waals surface area contributed by atoms with Gasteiger partial charge < -0.3 is 9.47 Å². The number of carbonyl (C=O) groups is 3. The molecule has 0 spiro atoms. The van der Waals surface area contributed by atoms with Gasteiger partial charge in [0.1, 0.15) is 5.78 Å². The number of allylic oxidation sites excluding steroid dienone is 1. The maximum atomic E-state index is 12.4. The summed E-state index contributed by atoms with van der Waals surface area (Å²) in [5.74, 6) is -2.87. The molecule has 1 unspecified atom stereocenters. The standard InChI is InChI=1S/C22H30O5.CH4/c1-5-26-21(24)20(22(25)27-6-2)18(15-19(23)14-16(3)4)13-12-17-10-8-7-9-11-17;/h7-13,16,18,20H,5-6,14-15H2,1-4H3;1H4/b13-12+;. The summed E-state index contributed by atoms with van der Waals surface area (Å²) in [6, 6.07) is 9.51. The van der Waals surface area contributed by atoms with Crippen molar-refractivity contribution >= 4 is 23.8 Å².